The maximum Gasteiger partial charge on any atom is 0.159 e. The zero-order valence-corrected chi connectivity index (χ0v) is 30.9. The molecule has 0 spiro atoms. The average molecular weight is 694 g/mol. The molecule has 2 heteroatoms. The van der Waals surface area contributed by atoms with Crippen LogP contribution in [0.5, 0.6) is 0 Å². The third-order valence-corrected chi connectivity index (χ3v) is 12.4. The van der Waals surface area contributed by atoms with E-state index in [-0.39, 0.29) is 10.8 Å². The molecule has 2 aliphatic carbocycles. The minimum absolute atomic E-state index is 0.135. The molecule has 54 heavy (non-hydrogen) atoms. The topological polar surface area (TPSA) is 16.4 Å². The van der Waals surface area contributed by atoms with Gasteiger partial charge in [-0.15, -0.1) is 0 Å². The molecule has 0 atom stereocenters. The van der Waals surface area contributed by atoms with Crippen LogP contribution in [0.4, 0.5) is 17.1 Å². The van der Waals surface area contributed by atoms with E-state index < -0.39 is 0 Å². The van der Waals surface area contributed by atoms with Gasteiger partial charge in [0.1, 0.15) is 5.58 Å². The van der Waals surface area contributed by atoms with Gasteiger partial charge >= 0.3 is 0 Å². The number of furan rings is 1. The van der Waals surface area contributed by atoms with E-state index in [0.717, 1.165) is 50.1 Å². The van der Waals surface area contributed by atoms with Crippen molar-refractivity contribution in [3.63, 3.8) is 0 Å². The van der Waals surface area contributed by atoms with Crippen LogP contribution >= 0.6 is 0 Å². The van der Waals surface area contributed by atoms with E-state index in [1.165, 1.54) is 55.3 Å². The average Bonchev–Trinajstić information content (AvgIpc) is 3.79. The number of hydrogen-bond donors (Lipinski definition) is 0. The van der Waals surface area contributed by atoms with Crippen molar-refractivity contribution in [3.8, 4) is 33.4 Å². The second-order valence-corrected chi connectivity index (χ2v) is 16.1. The van der Waals surface area contributed by atoms with Crippen molar-refractivity contribution < 1.29 is 4.42 Å². The van der Waals surface area contributed by atoms with Crippen LogP contribution in [-0.4, -0.2) is 0 Å². The quantitative estimate of drug-likeness (QED) is 0.182. The van der Waals surface area contributed by atoms with Crippen LogP contribution < -0.4 is 4.90 Å². The molecular weight excluding hydrogens is 655 g/mol. The van der Waals surface area contributed by atoms with Crippen LogP contribution in [0.1, 0.15) is 49.9 Å². The first-order valence-corrected chi connectivity index (χ1v) is 19.0. The van der Waals surface area contributed by atoms with Crippen LogP contribution in [-0.2, 0) is 10.8 Å². The number of hydrogen-bond acceptors (Lipinski definition) is 2. The van der Waals surface area contributed by atoms with Crippen LogP contribution in [0.2, 0.25) is 0 Å². The Morgan fingerprint density at radius 3 is 1.87 bits per heavy atom. The zero-order valence-electron chi connectivity index (χ0n) is 30.9. The lowest BCUT2D eigenvalue weighted by Gasteiger charge is -2.30. The lowest BCUT2D eigenvalue weighted by atomic mass is 9.82. The summed E-state index contributed by atoms with van der Waals surface area (Å²) in [5.41, 5.74) is 17.7. The van der Waals surface area contributed by atoms with E-state index in [1.54, 1.807) is 0 Å². The maximum atomic E-state index is 7.27. The second-order valence-electron chi connectivity index (χ2n) is 16.1. The zero-order chi connectivity index (χ0) is 36.3. The Hall–Kier alpha value is -6.38. The molecule has 258 valence electrons. The highest BCUT2D eigenvalue weighted by atomic mass is 16.3. The summed E-state index contributed by atoms with van der Waals surface area (Å²) in [5, 5.41) is 4.67. The molecule has 0 saturated heterocycles. The van der Waals surface area contributed by atoms with Crippen LogP contribution in [0.3, 0.4) is 0 Å². The largest absolute Gasteiger partial charge is 0.453 e. The molecule has 1 aromatic heterocycles. The van der Waals surface area contributed by atoms with Crippen molar-refractivity contribution in [2.24, 2.45) is 0 Å². The maximum absolute atomic E-state index is 7.27. The minimum atomic E-state index is -0.143. The summed E-state index contributed by atoms with van der Waals surface area (Å²) in [4.78, 5) is 2.48. The van der Waals surface area contributed by atoms with Gasteiger partial charge in [-0.1, -0.05) is 161 Å². The summed E-state index contributed by atoms with van der Waals surface area (Å²) >= 11 is 0. The van der Waals surface area contributed by atoms with Crippen molar-refractivity contribution in [2.75, 3.05) is 4.90 Å². The van der Waals surface area contributed by atoms with Gasteiger partial charge in [-0.3, -0.25) is 0 Å². The summed E-state index contributed by atoms with van der Waals surface area (Å²) in [6.45, 7) is 9.44. The van der Waals surface area contributed by atoms with Crippen molar-refractivity contribution in [2.45, 2.75) is 38.5 Å². The van der Waals surface area contributed by atoms with Gasteiger partial charge in [0.2, 0.25) is 0 Å². The van der Waals surface area contributed by atoms with E-state index in [0.29, 0.717) is 0 Å². The van der Waals surface area contributed by atoms with Gasteiger partial charge in [0.15, 0.2) is 5.58 Å². The fourth-order valence-corrected chi connectivity index (χ4v) is 9.80. The molecular formula is C52H39NO. The molecule has 0 bridgehead atoms. The molecule has 0 aliphatic heterocycles. The Balaban J connectivity index is 1.24. The number of para-hydroxylation sites is 1. The van der Waals surface area contributed by atoms with E-state index in [2.05, 4.69) is 196 Å². The monoisotopic (exact) mass is 693 g/mol. The fourth-order valence-electron chi connectivity index (χ4n) is 9.80. The number of fused-ring (bicyclic) bond motifs is 11. The molecule has 9 aromatic rings. The molecule has 0 radical (unpaired) electrons. The summed E-state index contributed by atoms with van der Waals surface area (Å²) in [6.07, 6.45) is 0. The smallest absolute Gasteiger partial charge is 0.159 e. The van der Waals surface area contributed by atoms with E-state index in [1.807, 2.05) is 0 Å². The standard InChI is InChI=1S/C52H39NO/c1-51(2)42-24-13-11-21-38(42)48-43(51)25-15-26-45(48)53(34-28-29-37-36-20-10-12-23-41(36)52(3,4)44(37)31-34)46-27-14-22-39-47-35-19-9-8-18-33(35)30-40(50(47)54-49(39)46)32-16-6-5-7-17-32/h5-31H,1-4H3. The van der Waals surface area contributed by atoms with Gasteiger partial charge in [0.05, 0.1) is 11.4 Å². The van der Waals surface area contributed by atoms with Gasteiger partial charge < -0.3 is 9.32 Å². The molecule has 2 aliphatic rings. The number of anilines is 3. The van der Waals surface area contributed by atoms with Gasteiger partial charge in [-0.25, -0.2) is 0 Å². The lowest BCUT2D eigenvalue weighted by molar-refractivity contribution is 0.660. The number of nitrogens with zero attached hydrogens (tertiary/aromatic N) is 1. The molecule has 2 nitrogen and oxygen atoms in total. The first-order valence-electron chi connectivity index (χ1n) is 19.0. The molecule has 0 saturated carbocycles. The number of benzene rings is 8. The van der Waals surface area contributed by atoms with Crippen LogP contribution in [0, 0.1) is 0 Å². The van der Waals surface area contributed by atoms with Crippen molar-refractivity contribution in [1.82, 2.24) is 0 Å². The van der Waals surface area contributed by atoms with Crippen LogP contribution in [0.25, 0.3) is 66.1 Å². The Morgan fingerprint density at radius 2 is 1.04 bits per heavy atom. The molecule has 0 unspecified atom stereocenters. The first kappa shape index (κ1) is 31.2. The third kappa shape index (κ3) is 4.17. The lowest BCUT2D eigenvalue weighted by Crippen LogP contribution is -2.17. The SMILES string of the molecule is CC1(C)c2ccccc2-c2ccc(N(c3cccc4c3-c3ccccc3C4(C)C)c3cccc4c3oc3c(-c5ccccc5)cc5ccccc5c34)cc21. The molecule has 8 aromatic carbocycles. The van der Waals surface area contributed by atoms with Gasteiger partial charge in [-0.2, -0.15) is 0 Å². The summed E-state index contributed by atoms with van der Waals surface area (Å²) in [5.74, 6) is 0. The minimum Gasteiger partial charge on any atom is -0.453 e. The highest BCUT2D eigenvalue weighted by molar-refractivity contribution is 6.24. The molecule has 1 heterocycles. The predicted molar refractivity (Wildman–Crippen MR) is 226 cm³/mol. The highest BCUT2D eigenvalue weighted by Crippen LogP contribution is 2.57. The van der Waals surface area contributed by atoms with Gasteiger partial charge in [0.25, 0.3) is 0 Å². The van der Waals surface area contributed by atoms with Crippen molar-refractivity contribution in [3.05, 3.63) is 186 Å². The Bertz CT molecular complexity index is 3000. The highest BCUT2D eigenvalue weighted by Gasteiger charge is 2.39. The molecule has 0 N–H and O–H groups in total. The van der Waals surface area contributed by atoms with Crippen molar-refractivity contribution >= 4 is 49.8 Å². The third-order valence-electron chi connectivity index (χ3n) is 12.4. The van der Waals surface area contributed by atoms with E-state index >= 15 is 0 Å². The molecule has 0 amide bonds. The molecule has 0 fully saturated rings. The van der Waals surface area contributed by atoms with Crippen molar-refractivity contribution in [1.29, 1.82) is 0 Å². The van der Waals surface area contributed by atoms with E-state index in [4.69, 9.17) is 4.42 Å². The number of rotatable bonds is 4. The van der Waals surface area contributed by atoms with Gasteiger partial charge in [-0.05, 0) is 85.6 Å². The Labute approximate surface area is 315 Å². The first-order chi connectivity index (χ1) is 26.3. The van der Waals surface area contributed by atoms with Gasteiger partial charge in [0, 0.05) is 38.4 Å². The second kappa shape index (κ2) is 11.1. The Kier molecular flexibility index (Phi) is 6.39. The molecule has 11 rings (SSSR count). The van der Waals surface area contributed by atoms with Crippen LogP contribution in [0.15, 0.2) is 168 Å². The summed E-state index contributed by atoms with van der Waals surface area (Å²) in [6, 6.07) is 60.1. The summed E-state index contributed by atoms with van der Waals surface area (Å²) < 4.78 is 7.27. The normalized spacial score (nSPS) is 14.6. The predicted octanol–water partition coefficient (Wildman–Crippen LogP) is 14.5. The fraction of sp³-hybridized carbons (Fsp3) is 0.115. The summed E-state index contributed by atoms with van der Waals surface area (Å²) in [7, 11) is 0. The van der Waals surface area contributed by atoms with E-state index in [9.17, 15) is 0 Å². The Morgan fingerprint density at radius 1 is 0.426 bits per heavy atom.